The molecule has 0 radical (unpaired) electrons. The van der Waals surface area contributed by atoms with Crippen LogP contribution in [0, 0.1) is 0 Å². The first-order valence-corrected chi connectivity index (χ1v) is 5.25. The first-order chi connectivity index (χ1) is 7.80. The second-order valence-corrected chi connectivity index (χ2v) is 4.04. The van der Waals surface area contributed by atoms with E-state index in [0.717, 1.165) is 6.07 Å². The summed E-state index contributed by atoms with van der Waals surface area (Å²) < 4.78 is 37.3. The van der Waals surface area contributed by atoms with Crippen LogP contribution in [-0.4, -0.2) is 23.6 Å². The van der Waals surface area contributed by atoms with Gasteiger partial charge in [-0.2, -0.15) is 13.2 Å². The Bertz CT molecular complexity index is 406. The summed E-state index contributed by atoms with van der Waals surface area (Å²) in [6.45, 7) is 0.434. The predicted molar refractivity (Wildman–Crippen MR) is 63.9 cm³/mol. The van der Waals surface area contributed by atoms with Gasteiger partial charge in [0.2, 0.25) is 0 Å². The number of nitrogens with two attached hydrogens (primary N) is 1. The van der Waals surface area contributed by atoms with Gasteiger partial charge in [-0.15, -0.1) is 0 Å². The molecular formula is C10H12F3N3S. The minimum atomic E-state index is -4.43. The Morgan fingerprint density at radius 1 is 1.47 bits per heavy atom. The Kier molecular flexibility index (Phi) is 4.28. The van der Waals surface area contributed by atoms with Crippen LogP contribution in [0.1, 0.15) is 12.1 Å². The van der Waals surface area contributed by atoms with Crippen molar-refractivity contribution in [2.75, 3.05) is 18.5 Å². The van der Waals surface area contributed by atoms with Gasteiger partial charge in [-0.25, -0.2) is 4.98 Å². The second kappa shape index (κ2) is 5.31. The molecular weight excluding hydrogens is 251 g/mol. The summed E-state index contributed by atoms with van der Waals surface area (Å²) in [4.78, 5) is 5.44. The van der Waals surface area contributed by atoms with E-state index in [1.165, 1.54) is 12.1 Å². The van der Waals surface area contributed by atoms with Crippen LogP contribution in [0.2, 0.25) is 0 Å². The molecule has 94 valence electrons. The highest BCUT2D eigenvalue weighted by Crippen LogP contribution is 2.28. The van der Waals surface area contributed by atoms with Crippen LogP contribution in [0.3, 0.4) is 0 Å². The predicted octanol–water partition coefficient (Wildman–Crippen LogP) is 2.21. The van der Waals surface area contributed by atoms with Crippen LogP contribution in [0.5, 0.6) is 0 Å². The molecule has 3 nitrogen and oxygen atoms in total. The number of anilines is 1. The number of halogens is 3. The van der Waals surface area contributed by atoms with E-state index in [4.69, 9.17) is 18.0 Å². The normalized spacial score (nSPS) is 11.3. The van der Waals surface area contributed by atoms with Crippen molar-refractivity contribution in [3.63, 3.8) is 0 Å². The zero-order chi connectivity index (χ0) is 13.1. The summed E-state index contributed by atoms with van der Waals surface area (Å²) >= 11 is 4.70. The van der Waals surface area contributed by atoms with Crippen molar-refractivity contribution in [1.29, 1.82) is 0 Å². The molecule has 1 aromatic heterocycles. The molecule has 0 aliphatic carbocycles. The average Bonchev–Trinajstić information content (AvgIpc) is 2.25. The van der Waals surface area contributed by atoms with E-state index in [0.29, 0.717) is 18.0 Å². The number of nitrogens with zero attached hydrogens (tertiary/aromatic N) is 2. The number of pyridine rings is 1. The van der Waals surface area contributed by atoms with Crippen LogP contribution in [-0.2, 0) is 6.18 Å². The Morgan fingerprint density at radius 2 is 2.12 bits per heavy atom. The molecule has 0 bridgehead atoms. The number of alkyl halides is 3. The van der Waals surface area contributed by atoms with E-state index in [-0.39, 0.29) is 5.82 Å². The van der Waals surface area contributed by atoms with Crippen LogP contribution in [0.25, 0.3) is 0 Å². The Balaban J connectivity index is 2.81. The Labute approximate surface area is 102 Å². The maximum atomic E-state index is 12.4. The van der Waals surface area contributed by atoms with Crippen LogP contribution in [0.15, 0.2) is 18.2 Å². The molecule has 0 saturated carbocycles. The molecule has 0 spiro atoms. The van der Waals surface area contributed by atoms with E-state index >= 15 is 0 Å². The van der Waals surface area contributed by atoms with Gasteiger partial charge in [0.15, 0.2) is 0 Å². The van der Waals surface area contributed by atoms with Crippen molar-refractivity contribution in [2.24, 2.45) is 5.73 Å². The number of rotatable bonds is 4. The van der Waals surface area contributed by atoms with Crippen molar-refractivity contribution >= 4 is 23.0 Å². The third-order valence-electron chi connectivity index (χ3n) is 2.11. The van der Waals surface area contributed by atoms with Crippen molar-refractivity contribution in [2.45, 2.75) is 12.6 Å². The monoisotopic (exact) mass is 263 g/mol. The van der Waals surface area contributed by atoms with Gasteiger partial charge >= 0.3 is 6.18 Å². The summed E-state index contributed by atoms with van der Waals surface area (Å²) in [6, 6.07) is 3.77. The van der Waals surface area contributed by atoms with Gasteiger partial charge in [-0.3, -0.25) is 0 Å². The quantitative estimate of drug-likeness (QED) is 0.846. The SMILES string of the molecule is CN(CCC(N)=S)c1cccc(C(F)(F)F)n1. The van der Waals surface area contributed by atoms with Gasteiger partial charge in [0.25, 0.3) is 0 Å². The molecule has 0 atom stereocenters. The Hall–Kier alpha value is -1.37. The third-order valence-corrected chi connectivity index (χ3v) is 2.31. The van der Waals surface area contributed by atoms with E-state index in [2.05, 4.69) is 4.98 Å². The number of hydrogen-bond donors (Lipinski definition) is 1. The molecule has 0 saturated heterocycles. The fraction of sp³-hybridized carbons (Fsp3) is 0.400. The molecule has 2 N–H and O–H groups in total. The van der Waals surface area contributed by atoms with Gasteiger partial charge in [0.1, 0.15) is 11.5 Å². The van der Waals surface area contributed by atoms with Crippen molar-refractivity contribution < 1.29 is 13.2 Å². The summed E-state index contributed by atoms with van der Waals surface area (Å²) in [7, 11) is 1.64. The largest absolute Gasteiger partial charge is 0.433 e. The molecule has 0 aromatic carbocycles. The fourth-order valence-corrected chi connectivity index (χ4v) is 1.28. The highest BCUT2D eigenvalue weighted by atomic mass is 32.1. The zero-order valence-electron chi connectivity index (χ0n) is 9.16. The van der Waals surface area contributed by atoms with E-state index in [1.54, 1.807) is 11.9 Å². The van der Waals surface area contributed by atoms with E-state index in [1.807, 2.05) is 0 Å². The minimum Gasteiger partial charge on any atom is -0.393 e. The molecule has 17 heavy (non-hydrogen) atoms. The lowest BCUT2D eigenvalue weighted by Crippen LogP contribution is -2.24. The van der Waals surface area contributed by atoms with Crippen LogP contribution < -0.4 is 10.6 Å². The van der Waals surface area contributed by atoms with Crippen LogP contribution >= 0.6 is 12.2 Å². The average molecular weight is 263 g/mol. The molecule has 7 heteroatoms. The van der Waals surface area contributed by atoms with Gasteiger partial charge in [0.05, 0.1) is 4.99 Å². The molecule has 0 aliphatic heterocycles. The first kappa shape index (κ1) is 13.7. The molecule has 0 amide bonds. The molecule has 0 fully saturated rings. The zero-order valence-corrected chi connectivity index (χ0v) is 9.98. The summed E-state index contributed by atoms with van der Waals surface area (Å²) in [5.74, 6) is 0.246. The van der Waals surface area contributed by atoms with Crippen molar-refractivity contribution in [3.8, 4) is 0 Å². The van der Waals surface area contributed by atoms with Crippen molar-refractivity contribution in [3.05, 3.63) is 23.9 Å². The van der Waals surface area contributed by atoms with Gasteiger partial charge in [-0.05, 0) is 12.1 Å². The lowest BCUT2D eigenvalue weighted by molar-refractivity contribution is -0.141. The summed E-state index contributed by atoms with van der Waals surface area (Å²) in [5.41, 5.74) is 4.42. The highest BCUT2D eigenvalue weighted by Gasteiger charge is 2.32. The molecule has 0 unspecified atom stereocenters. The summed E-state index contributed by atoms with van der Waals surface area (Å²) in [6.07, 6.45) is -4.00. The van der Waals surface area contributed by atoms with Gasteiger partial charge in [0, 0.05) is 20.0 Å². The third kappa shape index (κ3) is 4.18. The van der Waals surface area contributed by atoms with E-state index in [9.17, 15) is 13.2 Å². The van der Waals surface area contributed by atoms with Gasteiger partial charge in [-0.1, -0.05) is 18.3 Å². The van der Waals surface area contributed by atoms with E-state index < -0.39 is 11.9 Å². The number of aromatic nitrogens is 1. The molecule has 0 aliphatic rings. The number of hydrogen-bond acceptors (Lipinski definition) is 3. The minimum absolute atomic E-state index is 0.246. The first-order valence-electron chi connectivity index (χ1n) is 4.84. The second-order valence-electron chi connectivity index (χ2n) is 3.52. The standard InChI is InChI=1S/C10H12F3N3S/c1-16(6-5-8(14)17)9-4-2-3-7(15-9)10(11,12)13/h2-4H,5-6H2,1H3,(H2,14,17). The molecule has 1 heterocycles. The van der Waals surface area contributed by atoms with Crippen molar-refractivity contribution in [1.82, 2.24) is 4.98 Å². The highest BCUT2D eigenvalue weighted by molar-refractivity contribution is 7.80. The number of thiocarbonyl (C=S) groups is 1. The molecule has 1 rings (SSSR count). The summed E-state index contributed by atoms with van der Waals surface area (Å²) in [5, 5.41) is 0. The van der Waals surface area contributed by atoms with Gasteiger partial charge < -0.3 is 10.6 Å². The topological polar surface area (TPSA) is 42.1 Å². The smallest absolute Gasteiger partial charge is 0.393 e. The molecule has 1 aromatic rings. The Morgan fingerprint density at radius 3 is 2.65 bits per heavy atom. The fourth-order valence-electron chi connectivity index (χ4n) is 1.19. The lowest BCUT2D eigenvalue weighted by Gasteiger charge is -2.18. The van der Waals surface area contributed by atoms with Crippen LogP contribution in [0.4, 0.5) is 19.0 Å². The lowest BCUT2D eigenvalue weighted by atomic mass is 10.3. The maximum Gasteiger partial charge on any atom is 0.433 e. The maximum absolute atomic E-state index is 12.4.